The van der Waals surface area contributed by atoms with Crippen LogP contribution in [0.25, 0.3) is 10.8 Å². The van der Waals surface area contributed by atoms with E-state index in [1.807, 2.05) is 36.2 Å². The van der Waals surface area contributed by atoms with Crippen molar-refractivity contribution in [2.75, 3.05) is 45.6 Å². The maximum absolute atomic E-state index is 12.8. The lowest BCUT2D eigenvalue weighted by Gasteiger charge is -2.32. The predicted molar refractivity (Wildman–Crippen MR) is 84.7 cm³/mol. The van der Waals surface area contributed by atoms with Crippen molar-refractivity contribution in [3.63, 3.8) is 0 Å². The van der Waals surface area contributed by atoms with Crippen molar-refractivity contribution in [1.82, 2.24) is 14.8 Å². The van der Waals surface area contributed by atoms with Crippen molar-refractivity contribution in [3.8, 4) is 0 Å². The Bertz CT molecular complexity index is 662. The van der Waals surface area contributed by atoms with Crippen molar-refractivity contribution in [1.29, 1.82) is 0 Å². The lowest BCUT2D eigenvalue weighted by atomic mass is 10.1. The number of fused-ring (bicyclic) bond motifs is 1. The van der Waals surface area contributed by atoms with E-state index in [2.05, 4.69) is 22.2 Å². The number of nitrogens with zero attached hydrogens (tertiary/aromatic N) is 3. The molecule has 5 heteroatoms. The maximum Gasteiger partial charge on any atom is 0.256 e. The summed E-state index contributed by atoms with van der Waals surface area (Å²) in [6, 6.07) is 7.91. The Morgan fingerprint density at radius 2 is 1.81 bits per heavy atom. The second-order valence-corrected chi connectivity index (χ2v) is 5.41. The van der Waals surface area contributed by atoms with Crippen molar-refractivity contribution in [2.24, 2.45) is 0 Å². The van der Waals surface area contributed by atoms with Gasteiger partial charge in [-0.2, -0.15) is 0 Å². The third-order valence-corrected chi connectivity index (χ3v) is 4.05. The van der Waals surface area contributed by atoms with E-state index >= 15 is 0 Å². The molecule has 1 N–H and O–H groups in total. The van der Waals surface area contributed by atoms with Gasteiger partial charge in [-0.3, -0.25) is 4.79 Å². The van der Waals surface area contributed by atoms with Crippen LogP contribution in [0.4, 0.5) is 5.82 Å². The van der Waals surface area contributed by atoms with Gasteiger partial charge in [0, 0.05) is 44.8 Å². The topological polar surface area (TPSA) is 48.5 Å². The van der Waals surface area contributed by atoms with Crippen molar-refractivity contribution in [3.05, 3.63) is 36.0 Å². The third-order valence-electron chi connectivity index (χ3n) is 4.05. The molecule has 0 radical (unpaired) electrons. The zero-order chi connectivity index (χ0) is 14.8. The van der Waals surface area contributed by atoms with Crippen LogP contribution >= 0.6 is 0 Å². The zero-order valence-electron chi connectivity index (χ0n) is 12.5. The number of amides is 1. The van der Waals surface area contributed by atoms with Crippen LogP contribution in [0, 0.1) is 0 Å². The molecule has 1 amide bonds. The molecule has 0 aliphatic carbocycles. The first-order valence-corrected chi connectivity index (χ1v) is 7.24. The number of hydrogen-bond acceptors (Lipinski definition) is 4. The van der Waals surface area contributed by atoms with Crippen LogP contribution < -0.4 is 5.32 Å². The fourth-order valence-electron chi connectivity index (χ4n) is 2.74. The summed E-state index contributed by atoms with van der Waals surface area (Å²) in [6.45, 7) is 3.40. The number of carbonyl (C=O) groups excluding carboxylic acids is 1. The van der Waals surface area contributed by atoms with E-state index in [0.717, 1.165) is 42.8 Å². The fraction of sp³-hybridized carbons (Fsp3) is 0.375. The van der Waals surface area contributed by atoms with Crippen LogP contribution in [0.3, 0.4) is 0 Å². The Morgan fingerprint density at radius 3 is 2.48 bits per heavy atom. The number of benzene rings is 1. The minimum Gasteiger partial charge on any atom is -0.373 e. The predicted octanol–water partition coefficient (Wildman–Crippen LogP) is 1.66. The summed E-state index contributed by atoms with van der Waals surface area (Å²) in [5.74, 6) is 0.884. The molecule has 5 nitrogen and oxygen atoms in total. The van der Waals surface area contributed by atoms with E-state index in [9.17, 15) is 4.79 Å². The summed E-state index contributed by atoms with van der Waals surface area (Å²) in [6.07, 6.45) is 1.69. The average Bonchev–Trinajstić information content (AvgIpc) is 2.54. The highest BCUT2D eigenvalue weighted by Crippen LogP contribution is 2.25. The molecule has 1 aromatic heterocycles. The largest absolute Gasteiger partial charge is 0.373 e. The number of rotatable bonds is 2. The first-order chi connectivity index (χ1) is 10.2. The molecule has 1 aromatic carbocycles. The van der Waals surface area contributed by atoms with Crippen molar-refractivity contribution in [2.45, 2.75) is 0 Å². The molecule has 0 spiro atoms. The lowest BCUT2D eigenvalue weighted by Crippen LogP contribution is -2.47. The first kappa shape index (κ1) is 13.8. The Hall–Kier alpha value is -2.14. The second-order valence-electron chi connectivity index (χ2n) is 5.41. The molecule has 1 saturated heterocycles. The molecule has 1 aliphatic rings. The van der Waals surface area contributed by atoms with Crippen LogP contribution in [0.5, 0.6) is 0 Å². The molecule has 0 bridgehead atoms. The number of pyridine rings is 1. The molecule has 1 fully saturated rings. The standard InChI is InChI=1S/C16H20N4O/c1-17-15-13-6-4-3-5-12(13)14(11-18-15)16(21)20-9-7-19(2)8-10-20/h3-6,11H,7-10H2,1-2H3,(H,17,18). The van der Waals surface area contributed by atoms with E-state index in [0.29, 0.717) is 5.56 Å². The Labute approximate surface area is 124 Å². The van der Waals surface area contributed by atoms with E-state index in [4.69, 9.17) is 0 Å². The minimum atomic E-state index is 0.0782. The smallest absolute Gasteiger partial charge is 0.256 e. The first-order valence-electron chi connectivity index (χ1n) is 7.24. The molecule has 0 saturated carbocycles. The molecule has 110 valence electrons. The monoisotopic (exact) mass is 284 g/mol. The Balaban J connectivity index is 1.99. The number of carbonyl (C=O) groups is 1. The summed E-state index contributed by atoms with van der Waals surface area (Å²) in [7, 11) is 3.93. The minimum absolute atomic E-state index is 0.0782. The third kappa shape index (κ3) is 2.56. The molecule has 3 rings (SSSR count). The molecule has 2 aromatic rings. The van der Waals surface area contributed by atoms with Gasteiger partial charge in [0.25, 0.3) is 5.91 Å². The molecular formula is C16H20N4O. The quantitative estimate of drug-likeness (QED) is 0.911. The highest BCUT2D eigenvalue weighted by Gasteiger charge is 2.22. The maximum atomic E-state index is 12.8. The van der Waals surface area contributed by atoms with Crippen molar-refractivity contribution < 1.29 is 4.79 Å². The number of likely N-dealkylation sites (N-methyl/N-ethyl adjacent to an activating group) is 1. The van der Waals surface area contributed by atoms with E-state index in [-0.39, 0.29) is 5.91 Å². The second kappa shape index (κ2) is 5.69. The number of piperazine rings is 1. The van der Waals surface area contributed by atoms with Gasteiger partial charge in [-0.15, -0.1) is 0 Å². The zero-order valence-corrected chi connectivity index (χ0v) is 12.5. The van der Waals surface area contributed by atoms with E-state index in [1.54, 1.807) is 6.20 Å². The van der Waals surface area contributed by atoms with Gasteiger partial charge in [-0.1, -0.05) is 24.3 Å². The van der Waals surface area contributed by atoms with Crippen LogP contribution in [0.15, 0.2) is 30.5 Å². The van der Waals surface area contributed by atoms with Gasteiger partial charge in [0.1, 0.15) is 5.82 Å². The molecule has 1 aliphatic heterocycles. The Morgan fingerprint density at radius 1 is 1.14 bits per heavy atom. The van der Waals surface area contributed by atoms with Gasteiger partial charge in [0.15, 0.2) is 0 Å². The van der Waals surface area contributed by atoms with Gasteiger partial charge in [0.05, 0.1) is 5.56 Å². The van der Waals surface area contributed by atoms with Gasteiger partial charge >= 0.3 is 0 Å². The van der Waals surface area contributed by atoms with Crippen LogP contribution in [0.1, 0.15) is 10.4 Å². The molecule has 0 atom stereocenters. The summed E-state index contributed by atoms with van der Waals surface area (Å²) in [5, 5.41) is 5.02. The average molecular weight is 284 g/mol. The fourth-order valence-corrected chi connectivity index (χ4v) is 2.74. The molecule has 2 heterocycles. The number of nitrogens with one attached hydrogen (secondary N) is 1. The van der Waals surface area contributed by atoms with Gasteiger partial charge < -0.3 is 15.1 Å². The number of anilines is 1. The highest BCUT2D eigenvalue weighted by atomic mass is 16.2. The van der Waals surface area contributed by atoms with Gasteiger partial charge in [0.2, 0.25) is 0 Å². The summed E-state index contributed by atoms with van der Waals surface area (Å²) in [4.78, 5) is 21.3. The van der Waals surface area contributed by atoms with E-state index in [1.165, 1.54) is 0 Å². The van der Waals surface area contributed by atoms with Gasteiger partial charge in [-0.25, -0.2) is 4.98 Å². The summed E-state index contributed by atoms with van der Waals surface area (Å²) in [5.41, 5.74) is 0.689. The molecule has 0 unspecified atom stereocenters. The van der Waals surface area contributed by atoms with Gasteiger partial charge in [-0.05, 0) is 12.4 Å². The number of aromatic nitrogens is 1. The summed E-state index contributed by atoms with van der Waals surface area (Å²) < 4.78 is 0. The number of hydrogen-bond donors (Lipinski definition) is 1. The van der Waals surface area contributed by atoms with Crippen LogP contribution in [0.2, 0.25) is 0 Å². The molecular weight excluding hydrogens is 264 g/mol. The van der Waals surface area contributed by atoms with Crippen LogP contribution in [-0.2, 0) is 0 Å². The summed E-state index contributed by atoms with van der Waals surface area (Å²) >= 11 is 0. The lowest BCUT2D eigenvalue weighted by molar-refractivity contribution is 0.0666. The van der Waals surface area contributed by atoms with Crippen molar-refractivity contribution >= 4 is 22.5 Å². The Kier molecular flexibility index (Phi) is 3.75. The SMILES string of the molecule is CNc1ncc(C(=O)N2CCN(C)CC2)c2ccccc12. The highest BCUT2D eigenvalue weighted by molar-refractivity contribution is 6.09. The van der Waals surface area contributed by atoms with Crippen LogP contribution in [-0.4, -0.2) is 61.0 Å². The normalized spacial score (nSPS) is 16.2. The van der Waals surface area contributed by atoms with E-state index < -0.39 is 0 Å². The molecule has 21 heavy (non-hydrogen) atoms.